The second kappa shape index (κ2) is 8.29. The first kappa shape index (κ1) is 19.2. The number of rotatable bonds is 5. The second-order valence-corrected chi connectivity index (χ2v) is 6.23. The van der Waals surface area contributed by atoms with Gasteiger partial charge < -0.3 is 16.0 Å². The van der Waals surface area contributed by atoms with E-state index in [2.05, 4.69) is 16.0 Å². The van der Waals surface area contributed by atoms with E-state index in [1.165, 1.54) is 0 Å². The quantitative estimate of drug-likeness (QED) is 0.771. The minimum absolute atomic E-state index is 0.0798. The summed E-state index contributed by atoms with van der Waals surface area (Å²) in [5.74, 6) is -0.690. The zero-order valence-electron chi connectivity index (χ0n) is 15.3. The number of benzene rings is 2. The van der Waals surface area contributed by atoms with Crippen LogP contribution < -0.4 is 16.0 Å². The van der Waals surface area contributed by atoms with Gasteiger partial charge in [0.15, 0.2) is 0 Å². The largest absolute Gasteiger partial charge is 0.355 e. The number of nitrogens with one attached hydrogen (secondary N) is 3. The number of anilines is 2. The first-order valence-electron chi connectivity index (χ1n) is 8.37. The Hall–Kier alpha value is -3.15. The molecule has 0 radical (unpaired) electrons. The minimum Gasteiger partial charge on any atom is -0.355 e. The molecular weight excluding hydrogens is 330 g/mol. The van der Waals surface area contributed by atoms with Gasteiger partial charge in [0.25, 0.3) is 11.8 Å². The fourth-order valence-electron chi connectivity index (χ4n) is 2.34. The molecular formula is C20H23N3O3. The van der Waals surface area contributed by atoms with E-state index in [1.54, 1.807) is 56.4 Å². The summed E-state index contributed by atoms with van der Waals surface area (Å²) in [6.45, 7) is 5.41. The lowest BCUT2D eigenvalue weighted by molar-refractivity contribution is -0.118. The molecule has 3 amide bonds. The maximum absolute atomic E-state index is 12.5. The number of carbonyl (C=O) groups is 3. The van der Waals surface area contributed by atoms with Gasteiger partial charge >= 0.3 is 0 Å². The Labute approximate surface area is 153 Å². The summed E-state index contributed by atoms with van der Waals surface area (Å²) in [5.41, 5.74) is 2.88. The van der Waals surface area contributed by atoms with Crippen molar-refractivity contribution in [3.8, 4) is 0 Å². The lowest BCUT2D eigenvalue weighted by Gasteiger charge is -2.12. The number of carbonyl (C=O) groups excluding carboxylic acids is 3. The molecule has 0 aliphatic carbocycles. The highest BCUT2D eigenvalue weighted by atomic mass is 16.2. The van der Waals surface area contributed by atoms with E-state index < -0.39 is 0 Å². The van der Waals surface area contributed by atoms with Gasteiger partial charge in [0.05, 0.1) is 0 Å². The van der Waals surface area contributed by atoms with E-state index in [9.17, 15) is 14.4 Å². The molecule has 136 valence electrons. The predicted molar refractivity (Wildman–Crippen MR) is 102 cm³/mol. The van der Waals surface area contributed by atoms with E-state index >= 15 is 0 Å². The van der Waals surface area contributed by atoms with Crippen LogP contribution >= 0.6 is 0 Å². The number of amides is 3. The summed E-state index contributed by atoms with van der Waals surface area (Å²) >= 11 is 0. The van der Waals surface area contributed by atoms with E-state index in [0.717, 1.165) is 0 Å². The lowest BCUT2D eigenvalue weighted by Crippen LogP contribution is -2.20. The molecule has 26 heavy (non-hydrogen) atoms. The first-order valence-corrected chi connectivity index (χ1v) is 8.37. The van der Waals surface area contributed by atoms with E-state index in [-0.39, 0.29) is 23.6 Å². The highest BCUT2D eigenvalue weighted by Crippen LogP contribution is 2.20. The maximum Gasteiger partial charge on any atom is 0.255 e. The molecule has 0 fully saturated rings. The van der Waals surface area contributed by atoms with E-state index in [1.807, 2.05) is 13.8 Å². The van der Waals surface area contributed by atoms with E-state index in [0.29, 0.717) is 28.1 Å². The molecule has 0 aliphatic heterocycles. The Morgan fingerprint density at radius 3 is 2.12 bits per heavy atom. The fourth-order valence-corrected chi connectivity index (χ4v) is 2.34. The van der Waals surface area contributed by atoms with Crippen LogP contribution in [0.4, 0.5) is 11.4 Å². The minimum atomic E-state index is -0.288. The molecule has 2 rings (SSSR count). The Morgan fingerprint density at radius 1 is 0.885 bits per heavy atom. The van der Waals surface area contributed by atoms with Crippen LogP contribution in [0.5, 0.6) is 0 Å². The molecule has 6 heteroatoms. The third kappa shape index (κ3) is 4.47. The van der Waals surface area contributed by atoms with Crippen LogP contribution in [0.15, 0.2) is 42.5 Å². The first-order chi connectivity index (χ1) is 12.3. The van der Waals surface area contributed by atoms with Crippen molar-refractivity contribution in [2.24, 2.45) is 5.92 Å². The van der Waals surface area contributed by atoms with Crippen LogP contribution in [0, 0.1) is 12.8 Å². The Bertz CT molecular complexity index is 827. The zero-order valence-corrected chi connectivity index (χ0v) is 15.3. The highest BCUT2D eigenvalue weighted by Gasteiger charge is 2.13. The van der Waals surface area contributed by atoms with Crippen molar-refractivity contribution in [1.82, 2.24) is 5.32 Å². The van der Waals surface area contributed by atoms with Crippen LogP contribution in [0.3, 0.4) is 0 Å². The molecule has 0 bridgehead atoms. The van der Waals surface area contributed by atoms with Crippen molar-refractivity contribution < 1.29 is 14.4 Å². The van der Waals surface area contributed by atoms with Crippen molar-refractivity contribution in [2.45, 2.75) is 20.8 Å². The van der Waals surface area contributed by atoms with Crippen LogP contribution in [-0.2, 0) is 4.79 Å². The number of hydrogen-bond donors (Lipinski definition) is 3. The predicted octanol–water partition coefficient (Wildman–Crippen LogP) is 3.20. The van der Waals surface area contributed by atoms with Gasteiger partial charge in [-0.2, -0.15) is 0 Å². The lowest BCUT2D eigenvalue weighted by atomic mass is 10.1. The Kier molecular flexibility index (Phi) is 6.11. The summed E-state index contributed by atoms with van der Waals surface area (Å²) in [6, 6.07) is 11.8. The molecule has 0 aromatic heterocycles. The van der Waals surface area contributed by atoms with Crippen molar-refractivity contribution in [1.29, 1.82) is 0 Å². The third-order valence-corrected chi connectivity index (χ3v) is 3.99. The topological polar surface area (TPSA) is 87.3 Å². The third-order valence-electron chi connectivity index (χ3n) is 3.99. The average molecular weight is 353 g/mol. The van der Waals surface area contributed by atoms with Gasteiger partial charge in [-0.1, -0.05) is 19.9 Å². The van der Waals surface area contributed by atoms with Gasteiger partial charge in [-0.15, -0.1) is 0 Å². The fraction of sp³-hybridized carbons (Fsp3) is 0.250. The second-order valence-electron chi connectivity index (χ2n) is 6.23. The Morgan fingerprint density at radius 2 is 1.54 bits per heavy atom. The molecule has 0 atom stereocenters. The molecule has 3 N–H and O–H groups in total. The molecule has 0 heterocycles. The molecule has 0 unspecified atom stereocenters. The van der Waals surface area contributed by atoms with Crippen molar-refractivity contribution >= 4 is 29.1 Å². The molecule has 0 spiro atoms. The van der Waals surface area contributed by atoms with Crippen LogP contribution in [0.25, 0.3) is 0 Å². The van der Waals surface area contributed by atoms with Gasteiger partial charge in [0, 0.05) is 35.5 Å². The summed E-state index contributed by atoms with van der Waals surface area (Å²) < 4.78 is 0. The van der Waals surface area contributed by atoms with Gasteiger partial charge in [0.2, 0.25) is 5.91 Å². The van der Waals surface area contributed by atoms with Crippen LogP contribution in [0.1, 0.15) is 40.1 Å². The van der Waals surface area contributed by atoms with E-state index in [4.69, 9.17) is 0 Å². The van der Waals surface area contributed by atoms with Crippen LogP contribution in [0.2, 0.25) is 0 Å². The standard InChI is InChI=1S/C20H23N3O3/c1-12(2)18(24)22-15-10-8-14(9-11-15)19(25)23-17-7-5-6-16(13(17)3)20(26)21-4/h5-12H,1-4H3,(H,21,26)(H,22,24)(H,23,25). The molecule has 2 aromatic carbocycles. The SMILES string of the molecule is CNC(=O)c1cccc(NC(=O)c2ccc(NC(=O)C(C)C)cc2)c1C. The number of hydrogen-bond acceptors (Lipinski definition) is 3. The highest BCUT2D eigenvalue weighted by molar-refractivity contribution is 6.06. The molecule has 6 nitrogen and oxygen atoms in total. The van der Waals surface area contributed by atoms with Crippen molar-refractivity contribution in [3.63, 3.8) is 0 Å². The van der Waals surface area contributed by atoms with Gasteiger partial charge in [0.1, 0.15) is 0 Å². The molecule has 0 aliphatic rings. The average Bonchev–Trinajstić information content (AvgIpc) is 2.63. The van der Waals surface area contributed by atoms with Gasteiger partial charge in [-0.05, 0) is 48.9 Å². The normalized spacial score (nSPS) is 10.3. The Balaban J connectivity index is 2.13. The van der Waals surface area contributed by atoms with Gasteiger partial charge in [-0.3, -0.25) is 14.4 Å². The summed E-state index contributed by atoms with van der Waals surface area (Å²) in [4.78, 5) is 36.0. The molecule has 0 saturated carbocycles. The van der Waals surface area contributed by atoms with Crippen molar-refractivity contribution in [3.05, 3.63) is 59.2 Å². The summed E-state index contributed by atoms with van der Waals surface area (Å²) in [5, 5.41) is 8.17. The smallest absolute Gasteiger partial charge is 0.255 e. The molecule has 0 saturated heterocycles. The molecule has 2 aromatic rings. The van der Waals surface area contributed by atoms with Gasteiger partial charge in [-0.25, -0.2) is 0 Å². The zero-order chi connectivity index (χ0) is 19.3. The maximum atomic E-state index is 12.5. The van der Waals surface area contributed by atoms with Crippen molar-refractivity contribution in [2.75, 3.05) is 17.7 Å². The monoisotopic (exact) mass is 353 g/mol. The van der Waals surface area contributed by atoms with Crippen LogP contribution in [-0.4, -0.2) is 24.8 Å². The summed E-state index contributed by atoms with van der Waals surface area (Å²) in [7, 11) is 1.56. The summed E-state index contributed by atoms with van der Waals surface area (Å²) in [6.07, 6.45) is 0.